The van der Waals surface area contributed by atoms with Gasteiger partial charge in [-0.15, -0.1) is 0 Å². The minimum Gasteiger partial charge on any atom is -0.345 e. The summed E-state index contributed by atoms with van der Waals surface area (Å²) in [5.74, 6) is 0.985. The van der Waals surface area contributed by atoms with Crippen LogP contribution in [0.1, 0.15) is 42.8 Å². The van der Waals surface area contributed by atoms with E-state index in [2.05, 4.69) is 98.0 Å². The van der Waals surface area contributed by atoms with Gasteiger partial charge >= 0.3 is 0 Å². The van der Waals surface area contributed by atoms with Gasteiger partial charge in [-0.25, -0.2) is 4.98 Å². The minimum atomic E-state index is 0.746. The van der Waals surface area contributed by atoms with E-state index in [9.17, 15) is 0 Å². The molecular weight excluding hydrogens is 354 g/mol. The number of allylic oxidation sites excluding steroid dienone is 1. The van der Waals surface area contributed by atoms with Gasteiger partial charge < -0.3 is 9.47 Å². The molecule has 0 aliphatic heterocycles. The van der Waals surface area contributed by atoms with Crippen LogP contribution in [0.15, 0.2) is 73.5 Å². The van der Waals surface area contributed by atoms with Crippen LogP contribution in [0.2, 0.25) is 0 Å². The van der Waals surface area contributed by atoms with Gasteiger partial charge in [-0.3, -0.25) is 0 Å². The van der Waals surface area contributed by atoms with E-state index in [-0.39, 0.29) is 0 Å². The van der Waals surface area contributed by atoms with Crippen molar-refractivity contribution in [2.75, 3.05) is 6.54 Å². The lowest BCUT2D eigenvalue weighted by Gasteiger charge is -2.28. The van der Waals surface area contributed by atoms with Crippen molar-refractivity contribution in [3.8, 4) is 11.4 Å². The van der Waals surface area contributed by atoms with Crippen molar-refractivity contribution in [1.29, 1.82) is 0 Å². The highest BCUT2D eigenvalue weighted by molar-refractivity contribution is 5.69. The van der Waals surface area contributed by atoms with Gasteiger partial charge in [0.2, 0.25) is 0 Å². The summed E-state index contributed by atoms with van der Waals surface area (Å²) in [6.45, 7) is 18.7. The number of nitrogens with zero attached hydrogens (tertiary/aromatic N) is 3. The van der Waals surface area contributed by atoms with Crippen LogP contribution in [0.4, 0.5) is 0 Å². The van der Waals surface area contributed by atoms with Gasteiger partial charge in [0.15, 0.2) is 0 Å². The largest absolute Gasteiger partial charge is 0.345 e. The van der Waals surface area contributed by atoms with Crippen LogP contribution < -0.4 is 0 Å². The zero-order valence-electron chi connectivity index (χ0n) is 18.1. The van der Waals surface area contributed by atoms with Crippen molar-refractivity contribution in [3.05, 3.63) is 96.0 Å². The molecule has 0 unspecified atom stereocenters. The number of hydrogen-bond donors (Lipinski definition) is 0. The molecule has 29 heavy (non-hydrogen) atoms. The first-order chi connectivity index (χ1) is 13.9. The molecule has 0 bridgehead atoms. The number of aryl methyl sites for hydroxylation is 2. The van der Waals surface area contributed by atoms with E-state index in [1.165, 1.54) is 11.1 Å². The Labute approximate surface area is 175 Å². The molecule has 0 saturated carbocycles. The lowest BCUT2D eigenvalue weighted by Crippen LogP contribution is -2.22. The summed E-state index contributed by atoms with van der Waals surface area (Å²) in [5.41, 5.74) is 7.64. The van der Waals surface area contributed by atoms with Crippen LogP contribution in [0.5, 0.6) is 0 Å². The van der Waals surface area contributed by atoms with E-state index in [0.717, 1.165) is 53.7 Å². The van der Waals surface area contributed by atoms with Gasteiger partial charge in [-0.1, -0.05) is 74.7 Å². The quantitative estimate of drug-likeness (QED) is 0.445. The Bertz CT molecular complexity index is 1010. The summed E-state index contributed by atoms with van der Waals surface area (Å²) >= 11 is 0. The van der Waals surface area contributed by atoms with Crippen molar-refractivity contribution in [2.24, 2.45) is 0 Å². The first-order valence-corrected chi connectivity index (χ1v) is 10.2. The topological polar surface area (TPSA) is 21.1 Å². The predicted octanol–water partition coefficient (Wildman–Crippen LogP) is 6.43. The third-order valence-electron chi connectivity index (χ3n) is 5.22. The molecule has 0 aliphatic rings. The van der Waals surface area contributed by atoms with Crippen LogP contribution in [-0.4, -0.2) is 21.0 Å². The van der Waals surface area contributed by atoms with Crippen molar-refractivity contribution in [3.63, 3.8) is 0 Å². The van der Waals surface area contributed by atoms with Gasteiger partial charge in [-0.2, -0.15) is 0 Å². The van der Waals surface area contributed by atoms with E-state index in [1.54, 1.807) is 0 Å². The minimum absolute atomic E-state index is 0.746. The molecule has 3 aromatic rings. The molecule has 0 aliphatic carbocycles. The molecule has 0 atom stereocenters. The monoisotopic (exact) mass is 385 g/mol. The summed E-state index contributed by atoms with van der Waals surface area (Å²) in [4.78, 5) is 7.21. The summed E-state index contributed by atoms with van der Waals surface area (Å²) in [7, 11) is 0. The Morgan fingerprint density at radius 1 is 1.00 bits per heavy atom. The number of benzene rings is 2. The Morgan fingerprint density at radius 3 is 2.28 bits per heavy atom. The lowest BCUT2D eigenvalue weighted by atomic mass is 10.1. The molecule has 1 aromatic heterocycles. The summed E-state index contributed by atoms with van der Waals surface area (Å²) < 4.78 is 2.31. The molecule has 0 spiro atoms. The van der Waals surface area contributed by atoms with E-state index in [0.29, 0.717) is 0 Å². The van der Waals surface area contributed by atoms with Crippen LogP contribution >= 0.6 is 0 Å². The number of rotatable bonds is 8. The van der Waals surface area contributed by atoms with E-state index < -0.39 is 0 Å². The molecule has 3 nitrogen and oxygen atoms in total. The Balaban J connectivity index is 2.19. The fourth-order valence-electron chi connectivity index (χ4n) is 3.79. The second kappa shape index (κ2) is 8.95. The predicted molar refractivity (Wildman–Crippen MR) is 124 cm³/mol. The fourth-order valence-corrected chi connectivity index (χ4v) is 3.79. The van der Waals surface area contributed by atoms with E-state index >= 15 is 0 Å². The zero-order chi connectivity index (χ0) is 21.0. The van der Waals surface area contributed by atoms with Gasteiger partial charge in [0.05, 0.1) is 17.1 Å². The van der Waals surface area contributed by atoms with Crippen molar-refractivity contribution in [2.45, 2.75) is 40.7 Å². The number of aromatic nitrogens is 2. The number of hydrogen-bond acceptors (Lipinski definition) is 2. The zero-order valence-corrected chi connectivity index (χ0v) is 18.1. The fraction of sp³-hybridized carbons (Fsp3) is 0.269. The Hall–Kier alpha value is -3.07. The SMILES string of the molecule is C=C(C)N(CCC)C(=C)c1c(C)nc(-c2ccccc2C)n1Cc1ccccc1. The molecule has 0 fully saturated rings. The Morgan fingerprint density at radius 2 is 1.66 bits per heavy atom. The van der Waals surface area contributed by atoms with Gasteiger partial charge in [0.1, 0.15) is 5.82 Å². The van der Waals surface area contributed by atoms with Crippen LogP contribution in [-0.2, 0) is 6.54 Å². The highest BCUT2D eigenvalue weighted by Gasteiger charge is 2.22. The molecule has 0 amide bonds. The van der Waals surface area contributed by atoms with Gasteiger partial charge in [-0.05, 0) is 38.3 Å². The highest BCUT2D eigenvalue weighted by atomic mass is 15.2. The van der Waals surface area contributed by atoms with E-state index in [4.69, 9.17) is 4.98 Å². The van der Waals surface area contributed by atoms with Crippen molar-refractivity contribution < 1.29 is 0 Å². The molecule has 0 radical (unpaired) electrons. The molecule has 3 rings (SSSR count). The maximum absolute atomic E-state index is 5.01. The van der Waals surface area contributed by atoms with Crippen LogP contribution in [0.3, 0.4) is 0 Å². The average molecular weight is 386 g/mol. The standard InChI is InChI=1S/C26H31N3/c1-7-17-28(19(2)3)22(6)25-21(5)27-26(24-16-12-11-13-20(24)4)29(25)18-23-14-9-8-10-15-23/h8-16H,2,6-7,17-18H2,1,3-5H3. The molecular formula is C26H31N3. The normalized spacial score (nSPS) is 10.8. The van der Waals surface area contributed by atoms with E-state index in [1.807, 2.05) is 6.92 Å². The molecule has 0 N–H and O–H groups in total. The Kier molecular flexibility index (Phi) is 6.38. The van der Waals surface area contributed by atoms with Crippen molar-refractivity contribution in [1.82, 2.24) is 14.5 Å². The summed E-state index contributed by atoms with van der Waals surface area (Å²) in [6.07, 6.45) is 1.03. The molecule has 0 saturated heterocycles. The molecule has 1 heterocycles. The van der Waals surface area contributed by atoms with Crippen molar-refractivity contribution >= 4 is 5.70 Å². The summed E-state index contributed by atoms with van der Waals surface area (Å²) in [5, 5.41) is 0. The maximum Gasteiger partial charge on any atom is 0.141 e. The second-order valence-electron chi connectivity index (χ2n) is 7.59. The first kappa shape index (κ1) is 20.7. The molecule has 150 valence electrons. The first-order valence-electron chi connectivity index (χ1n) is 10.2. The lowest BCUT2D eigenvalue weighted by molar-refractivity contribution is 0.483. The molecule has 2 aromatic carbocycles. The third kappa shape index (κ3) is 4.34. The summed E-state index contributed by atoms with van der Waals surface area (Å²) in [6, 6.07) is 19.0. The molecule has 3 heteroatoms. The maximum atomic E-state index is 5.01. The van der Waals surface area contributed by atoms with Crippen LogP contribution in [0.25, 0.3) is 17.1 Å². The highest BCUT2D eigenvalue weighted by Crippen LogP contribution is 2.31. The average Bonchev–Trinajstić information content (AvgIpc) is 3.02. The smallest absolute Gasteiger partial charge is 0.141 e. The second-order valence-corrected chi connectivity index (χ2v) is 7.59. The van der Waals surface area contributed by atoms with Gasteiger partial charge in [0, 0.05) is 24.4 Å². The number of imidazole rings is 1. The third-order valence-corrected chi connectivity index (χ3v) is 5.22. The van der Waals surface area contributed by atoms with Crippen LogP contribution in [0, 0.1) is 13.8 Å². The van der Waals surface area contributed by atoms with Gasteiger partial charge in [0.25, 0.3) is 0 Å².